The Morgan fingerprint density at radius 3 is 2.40 bits per heavy atom. The molecule has 160 valence electrons. The van der Waals surface area contributed by atoms with Crippen molar-refractivity contribution in [3.8, 4) is 5.75 Å². The molecular weight excluding hydrogens is 374 g/mol. The molecule has 0 spiro atoms. The Labute approximate surface area is 180 Å². The normalized spacial score (nSPS) is 18.0. The van der Waals surface area contributed by atoms with Crippen LogP contribution in [-0.4, -0.2) is 55.0 Å². The summed E-state index contributed by atoms with van der Waals surface area (Å²) >= 11 is 0. The lowest BCUT2D eigenvalue weighted by Crippen LogP contribution is -2.46. The minimum Gasteiger partial charge on any atom is -0.492 e. The number of amides is 1. The van der Waals surface area contributed by atoms with Crippen LogP contribution >= 0.6 is 0 Å². The zero-order chi connectivity index (χ0) is 20.8. The molecular formula is C25H33N3O2. The Bertz CT molecular complexity index is 846. The Morgan fingerprint density at radius 1 is 0.867 bits per heavy atom. The van der Waals surface area contributed by atoms with Crippen molar-refractivity contribution in [3.63, 3.8) is 0 Å². The number of ether oxygens (including phenoxy) is 1. The Hall–Kier alpha value is -2.53. The highest BCUT2D eigenvalue weighted by Crippen LogP contribution is 2.29. The number of hydrogen-bond donors (Lipinski definition) is 0. The van der Waals surface area contributed by atoms with Crippen molar-refractivity contribution in [1.29, 1.82) is 0 Å². The van der Waals surface area contributed by atoms with E-state index >= 15 is 0 Å². The molecule has 0 unspecified atom stereocenters. The molecule has 2 aliphatic heterocycles. The highest BCUT2D eigenvalue weighted by Gasteiger charge is 2.21. The van der Waals surface area contributed by atoms with Crippen LogP contribution < -0.4 is 9.64 Å². The van der Waals surface area contributed by atoms with Crippen molar-refractivity contribution in [2.75, 3.05) is 44.2 Å². The van der Waals surface area contributed by atoms with E-state index in [4.69, 9.17) is 4.74 Å². The van der Waals surface area contributed by atoms with Gasteiger partial charge < -0.3 is 14.5 Å². The second-order valence-electron chi connectivity index (χ2n) is 8.26. The average molecular weight is 408 g/mol. The monoisotopic (exact) mass is 407 g/mol. The summed E-state index contributed by atoms with van der Waals surface area (Å²) in [6, 6.07) is 17.1. The molecule has 0 bridgehead atoms. The molecule has 2 saturated heterocycles. The number of piperazine rings is 1. The lowest BCUT2D eigenvalue weighted by Gasteiger charge is -2.36. The first kappa shape index (κ1) is 20.7. The highest BCUT2D eigenvalue weighted by atomic mass is 16.5. The number of hydrogen-bond acceptors (Lipinski definition) is 4. The van der Waals surface area contributed by atoms with Gasteiger partial charge in [-0.3, -0.25) is 9.69 Å². The third-order valence-electron chi connectivity index (χ3n) is 6.07. The molecule has 2 aromatic rings. The third kappa shape index (κ3) is 5.14. The van der Waals surface area contributed by atoms with E-state index in [9.17, 15) is 4.79 Å². The van der Waals surface area contributed by atoms with Crippen LogP contribution in [0.1, 0.15) is 37.3 Å². The van der Waals surface area contributed by atoms with Gasteiger partial charge in [0, 0.05) is 52.2 Å². The molecule has 5 nitrogen and oxygen atoms in total. The van der Waals surface area contributed by atoms with E-state index in [1.165, 1.54) is 16.8 Å². The Morgan fingerprint density at radius 2 is 1.63 bits per heavy atom. The molecule has 2 aromatic carbocycles. The first-order valence-corrected chi connectivity index (χ1v) is 11.3. The number of carbonyl (C=O) groups excluding carboxylic acids is 1. The number of para-hydroxylation sites is 2. The van der Waals surface area contributed by atoms with Gasteiger partial charge in [-0.15, -0.1) is 0 Å². The number of likely N-dealkylation sites (tertiary alicyclic amines) is 1. The minimum atomic E-state index is 0.301. The topological polar surface area (TPSA) is 36.0 Å². The molecule has 2 fully saturated rings. The predicted molar refractivity (Wildman–Crippen MR) is 121 cm³/mol. The van der Waals surface area contributed by atoms with Crippen LogP contribution in [0.3, 0.4) is 0 Å². The minimum absolute atomic E-state index is 0.301. The molecule has 1 amide bonds. The van der Waals surface area contributed by atoms with Crippen molar-refractivity contribution in [1.82, 2.24) is 9.80 Å². The fourth-order valence-corrected chi connectivity index (χ4v) is 4.48. The first-order chi connectivity index (χ1) is 14.7. The molecule has 5 heteroatoms. The summed E-state index contributed by atoms with van der Waals surface area (Å²) in [6.07, 6.45) is 2.87. The van der Waals surface area contributed by atoms with E-state index in [0.717, 1.165) is 64.4 Å². The zero-order valence-corrected chi connectivity index (χ0v) is 18.1. The van der Waals surface area contributed by atoms with Crippen molar-refractivity contribution in [3.05, 3.63) is 59.7 Å². The van der Waals surface area contributed by atoms with Gasteiger partial charge in [0.25, 0.3) is 0 Å². The summed E-state index contributed by atoms with van der Waals surface area (Å²) in [5.41, 5.74) is 3.78. The summed E-state index contributed by atoms with van der Waals surface area (Å²) in [6.45, 7) is 9.41. The molecule has 30 heavy (non-hydrogen) atoms. The van der Waals surface area contributed by atoms with Crippen LogP contribution in [0.15, 0.2) is 48.5 Å². The number of piperidine rings is 1. The average Bonchev–Trinajstić information content (AvgIpc) is 2.77. The van der Waals surface area contributed by atoms with Gasteiger partial charge in [-0.2, -0.15) is 0 Å². The fourth-order valence-electron chi connectivity index (χ4n) is 4.48. The quantitative estimate of drug-likeness (QED) is 0.697. The smallest absolute Gasteiger partial charge is 0.222 e. The van der Waals surface area contributed by atoms with Crippen molar-refractivity contribution >= 4 is 11.6 Å². The van der Waals surface area contributed by atoms with Crippen LogP contribution in [0.4, 0.5) is 5.69 Å². The van der Waals surface area contributed by atoms with Crippen LogP contribution in [0.25, 0.3) is 0 Å². The summed E-state index contributed by atoms with van der Waals surface area (Å²) < 4.78 is 5.81. The first-order valence-electron chi connectivity index (χ1n) is 11.3. The van der Waals surface area contributed by atoms with E-state index in [1.54, 1.807) is 0 Å². The molecule has 0 aromatic heterocycles. The summed E-state index contributed by atoms with van der Waals surface area (Å²) in [5, 5.41) is 0. The maximum Gasteiger partial charge on any atom is 0.222 e. The predicted octanol–water partition coefficient (Wildman–Crippen LogP) is 3.92. The molecule has 0 saturated carbocycles. The fraction of sp³-hybridized carbons (Fsp3) is 0.480. The molecule has 0 radical (unpaired) electrons. The van der Waals surface area contributed by atoms with E-state index in [-0.39, 0.29) is 0 Å². The largest absolute Gasteiger partial charge is 0.492 e. The number of carbonyl (C=O) groups is 1. The highest BCUT2D eigenvalue weighted by molar-refractivity contribution is 5.76. The second-order valence-corrected chi connectivity index (χ2v) is 8.26. The SMILES string of the molecule is CCOc1ccccc1N1CCN(Cc2cccc(CN3CCCCC3=O)c2)CC1. The van der Waals surface area contributed by atoms with Gasteiger partial charge in [0.15, 0.2) is 0 Å². The van der Waals surface area contributed by atoms with Gasteiger partial charge in [0.05, 0.1) is 12.3 Å². The van der Waals surface area contributed by atoms with E-state index in [1.807, 2.05) is 17.9 Å². The molecule has 2 heterocycles. The molecule has 0 N–H and O–H groups in total. The van der Waals surface area contributed by atoms with Crippen LogP contribution in [0.2, 0.25) is 0 Å². The van der Waals surface area contributed by atoms with E-state index in [2.05, 4.69) is 52.3 Å². The molecule has 0 atom stereocenters. The second kappa shape index (κ2) is 9.98. The van der Waals surface area contributed by atoms with Gasteiger partial charge in [-0.1, -0.05) is 36.4 Å². The van der Waals surface area contributed by atoms with Gasteiger partial charge >= 0.3 is 0 Å². The Kier molecular flexibility index (Phi) is 6.90. The lowest BCUT2D eigenvalue weighted by atomic mass is 10.1. The number of benzene rings is 2. The van der Waals surface area contributed by atoms with Crippen LogP contribution in [0, 0.1) is 0 Å². The maximum atomic E-state index is 12.1. The summed E-state index contributed by atoms with van der Waals surface area (Å²) in [4.78, 5) is 19.1. The number of nitrogens with zero attached hydrogens (tertiary/aromatic N) is 3. The number of anilines is 1. The van der Waals surface area contributed by atoms with Crippen molar-refractivity contribution in [2.45, 2.75) is 39.3 Å². The van der Waals surface area contributed by atoms with Gasteiger partial charge in [0.1, 0.15) is 5.75 Å². The van der Waals surface area contributed by atoms with Gasteiger partial charge in [-0.25, -0.2) is 0 Å². The third-order valence-corrected chi connectivity index (χ3v) is 6.07. The molecule has 4 rings (SSSR count). The standard InChI is InChI=1S/C25H33N3O2/c1-2-30-24-11-4-3-10-23(24)27-16-14-26(15-17-27)19-21-8-7-9-22(18-21)20-28-13-6-5-12-25(28)29/h3-4,7-11,18H,2,5-6,12-17,19-20H2,1H3. The van der Waals surface area contributed by atoms with Crippen molar-refractivity contribution < 1.29 is 9.53 Å². The van der Waals surface area contributed by atoms with E-state index < -0.39 is 0 Å². The molecule has 2 aliphatic rings. The Balaban J connectivity index is 1.33. The summed E-state index contributed by atoms with van der Waals surface area (Å²) in [5.74, 6) is 1.28. The molecule has 0 aliphatic carbocycles. The summed E-state index contributed by atoms with van der Waals surface area (Å²) in [7, 11) is 0. The van der Waals surface area contributed by atoms with Crippen molar-refractivity contribution in [2.24, 2.45) is 0 Å². The number of rotatable bonds is 7. The van der Waals surface area contributed by atoms with Gasteiger partial charge in [0.2, 0.25) is 5.91 Å². The van der Waals surface area contributed by atoms with Crippen LogP contribution in [0.5, 0.6) is 5.75 Å². The van der Waals surface area contributed by atoms with Gasteiger partial charge in [-0.05, 0) is 43.0 Å². The zero-order valence-electron chi connectivity index (χ0n) is 18.1. The van der Waals surface area contributed by atoms with E-state index in [0.29, 0.717) is 18.9 Å². The maximum absolute atomic E-state index is 12.1. The van der Waals surface area contributed by atoms with Crippen LogP contribution in [-0.2, 0) is 17.9 Å². The lowest BCUT2D eigenvalue weighted by molar-refractivity contribution is -0.133.